The highest BCUT2D eigenvalue weighted by atomic mass is 16.5. The molecule has 102 valence electrons. The summed E-state index contributed by atoms with van der Waals surface area (Å²) >= 11 is 0. The highest BCUT2D eigenvalue weighted by molar-refractivity contribution is 5.76. The lowest BCUT2D eigenvalue weighted by Gasteiger charge is -2.09. The van der Waals surface area contributed by atoms with Crippen molar-refractivity contribution < 1.29 is 14.3 Å². The maximum absolute atomic E-state index is 11.8. The lowest BCUT2D eigenvalue weighted by atomic mass is 10.0. The molecule has 2 heterocycles. The number of ether oxygens (including phenoxy) is 2. The summed E-state index contributed by atoms with van der Waals surface area (Å²) in [7, 11) is 0. The number of hydrogen-bond acceptors (Lipinski definition) is 3. The lowest BCUT2D eigenvalue weighted by Crippen LogP contribution is -2.25. The predicted molar refractivity (Wildman–Crippen MR) is 71.0 cm³/mol. The fourth-order valence-electron chi connectivity index (χ4n) is 2.63. The Bertz CT molecular complexity index is 466. The quantitative estimate of drug-likeness (QED) is 0.896. The molecule has 4 nitrogen and oxygen atoms in total. The zero-order chi connectivity index (χ0) is 13.1. The summed E-state index contributed by atoms with van der Waals surface area (Å²) in [6.45, 7) is 2.89. The van der Waals surface area contributed by atoms with Gasteiger partial charge in [-0.05, 0) is 29.5 Å². The standard InChI is InChI=1S/C15H19NO3/c17-15(8-12-3-5-18-10-12)16-9-11-1-2-14-13(7-11)4-6-19-14/h1-2,7,12H,3-6,8-10H2,(H,16,17)/t12-/m1/s1. The van der Waals surface area contributed by atoms with Gasteiger partial charge in [0.05, 0.1) is 6.61 Å². The van der Waals surface area contributed by atoms with Crippen LogP contribution in [-0.4, -0.2) is 25.7 Å². The van der Waals surface area contributed by atoms with Crippen LogP contribution >= 0.6 is 0 Å². The Hall–Kier alpha value is -1.55. The van der Waals surface area contributed by atoms with Crippen molar-refractivity contribution in [2.75, 3.05) is 19.8 Å². The molecule has 0 radical (unpaired) electrons. The van der Waals surface area contributed by atoms with Crippen molar-refractivity contribution in [3.63, 3.8) is 0 Å². The minimum absolute atomic E-state index is 0.118. The van der Waals surface area contributed by atoms with Gasteiger partial charge in [-0.15, -0.1) is 0 Å². The topological polar surface area (TPSA) is 47.6 Å². The van der Waals surface area contributed by atoms with Gasteiger partial charge >= 0.3 is 0 Å². The molecule has 0 aromatic heterocycles. The summed E-state index contributed by atoms with van der Waals surface area (Å²) in [5.74, 6) is 1.50. The van der Waals surface area contributed by atoms with Crippen LogP contribution in [-0.2, 0) is 22.5 Å². The molecule has 2 aliphatic rings. The van der Waals surface area contributed by atoms with Crippen LogP contribution in [0.2, 0.25) is 0 Å². The molecule has 4 heteroatoms. The molecule has 1 atom stereocenters. The average Bonchev–Trinajstić information content (AvgIpc) is 3.06. The van der Waals surface area contributed by atoms with Gasteiger partial charge in [-0.1, -0.05) is 12.1 Å². The second kappa shape index (κ2) is 5.61. The summed E-state index contributed by atoms with van der Waals surface area (Å²) in [5, 5.41) is 2.98. The first kappa shape index (κ1) is 12.5. The summed E-state index contributed by atoms with van der Waals surface area (Å²) in [6, 6.07) is 6.14. The molecule has 3 rings (SSSR count). The highest BCUT2D eigenvalue weighted by Crippen LogP contribution is 2.25. The Labute approximate surface area is 113 Å². The smallest absolute Gasteiger partial charge is 0.220 e. The maximum atomic E-state index is 11.8. The van der Waals surface area contributed by atoms with Crippen molar-refractivity contribution in [2.45, 2.75) is 25.8 Å². The molecule has 0 spiro atoms. The Morgan fingerprint density at radius 2 is 2.32 bits per heavy atom. The zero-order valence-corrected chi connectivity index (χ0v) is 11.0. The molecule has 0 unspecified atom stereocenters. The van der Waals surface area contributed by atoms with Gasteiger partial charge in [-0.3, -0.25) is 4.79 Å². The molecule has 1 aromatic rings. The van der Waals surface area contributed by atoms with E-state index in [1.807, 2.05) is 12.1 Å². The van der Waals surface area contributed by atoms with E-state index < -0.39 is 0 Å². The normalized spacial score (nSPS) is 20.9. The van der Waals surface area contributed by atoms with E-state index in [4.69, 9.17) is 9.47 Å². The van der Waals surface area contributed by atoms with Gasteiger partial charge in [0.2, 0.25) is 5.91 Å². The first-order chi connectivity index (χ1) is 9.31. The van der Waals surface area contributed by atoms with E-state index in [1.54, 1.807) is 0 Å². The third-order valence-electron chi connectivity index (χ3n) is 3.74. The van der Waals surface area contributed by atoms with Crippen LogP contribution in [0, 0.1) is 5.92 Å². The molecule has 0 bridgehead atoms. The summed E-state index contributed by atoms with van der Waals surface area (Å²) in [5.41, 5.74) is 2.39. The number of amides is 1. The van der Waals surface area contributed by atoms with Gasteiger partial charge in [0.1, 0.15) is 5.75 Å². The van der Waals surface area contributed by atoms with Crippen molar-refractivity contribution in [1.29, 1.82) is 0 Å². The Morgan fingerprint density at radius 3 is 3.16 bits per heavy atom. The van der Waals surface area contributed by atoms with E-state index >= 15 is 0 Å². The second-order valence-corrected chi connectivity index (χ2v) is 5.25. The number of carbonyl (C=O) groups is 1. The van der Waals surface area contributed by atoms with Crippen LogP contribution in [0.5, 0.6) is 5.75 Å². The summed E-state index contributed by atoms with van der Waals surface area (Å²) in [6.07, 6.45) is 2.55. The highest BCUT2D eigenvalue weighted by Gasteiger charge is 2.19. The molecule has 0 aliphatic carbocycles. The largest absolute Gasteiger partial charge is 0.493 e. The molecule has 1 saturated heterocycles. The van der Waals surface area contributed by atoms with E-state index in [2.05, 4.69) is 11.4 Å². The number of carbonyl (C=O) groups excluding carboxylic acids is 1. The van der Waals surface area contributed by atoms with Crippen molar-refractivity contribution in [3.05, 3.63) is 29.3 Å². The van der Waals surface area contributed by atoms with Crippen LogP contribution in [0.1, 0.15) is 24.0 Å². The Balaban J connectivity index is 1.50. The van der Waals surface area contributed by atoms with Crippen LogP contribution in [0.15, 0.2) is 18.2 Å². The van der Waals surface area contributed by atoms with Crippen molar-refractivity contribution in [1.82, 2.24) is 5.32 Å². The number of hydrogen-bond donors (Lipinski definition) is 1. The molecule has 19 heavy (non-hydrogen) atoms. The van der Waals surface area contributed by atoms with E-state index in [1.165, 1.54) is 5.56 Å². The second-order valence-electron chi connectivity index (χ2n) is 5.25. The van der Waals surface area contributed by atoms with Crippen LogP contribution in [0.4, 0.5) is 0 Å². The van der Waals surface area contributed by atoms with Gasteiger partial charge in [0, 0.05) is 32.6 Å². The first-order valence-electron chi connectivity index (χ1n) is 6.90. The number of rotatable bonds is 4. The van der Waals surface area contributed by atoms with E-state index in [0.717, 1.165) is 44.0 Å². The summed E-state index contributed by atoms with van der Waals surface area (Å²) < 4.78 is 10.7. The van der Waals surface area contributed by atoms with Gasteiger partial charge < -0.3 is 14.8 Å². The van der Waals surface area contributed by atoms with Crippen molar-refractivity contribution >= 4 is 5.91 Å². The van der Waals surface area contributed by atoms with Crippen LogP contribution in [0.3, 0.4) is 0 Å². The SMILES string of the molecule is O=C(C[C@H]1CCOC1)NCc1ccc2c(c1)CCO2. The fraction of sp³-hybridized carbons (Fsp3) is 0.533. The van der Waals surface area contributed by atoms with Gasteiger partial charge in [0.15, 0.2) is 0 Å². The average molecular weight is 261 g/mol. The van der Waals surface area contributed by atoms with Gasteiger partial charge in [-0.25, -0.2) is 0 Å². The molecule has 1 N–H and O–H groups in total. The van der Waals surface area contributed by atoms with Gasteiger partial charge in [-0.2, -0.15) is 0 Å². The molecule has 2 aliphatic heterocycles. The fourth-order valence-corrected chi connectivity index (χ4v) is 2.63. The van der Waals surface area contributed by atoms with Crippen LogP contribution < -0.4 is 10.1 Å². The molecule has 0 saturated carbocycles. The Morgan fingerprint density at radius 1 is 1.37 bits per heavy atom. The molecule has 1 fully saturated rings. The molecule has 1 amide bonds. The predicted octanol–water partition coefficient (Wildman–Crippen LogP) is 1.66. The van der Waals surface area contributed by atoms with Crippen molar-refractivity contribution in [3.8, 4) is 5.75 Å². The van der Waals surface area contributed by atoms with E-state index in [0.29, 0.717) is 18.9 Å². The number of fused-ring (bicyclic) bond motifs is 1. The molecular weight excluding hydrogens is 242 g/mol. The third-order valence-corrected chi connectivity index (χ3v) is 3.74. The van der Waals surface area contributed by atoms with E-state index in [-0.39, 0.29) is 5.91 Å². The minimum atomic E-state index is 0.118. The van der Waals surface area contributed by atoms with E-state index in [9.17, 15) is 4.79 Å². The van der Waals surface area contributed by atoms with Crippen molar-refractivity contribution in [2.24, 2.45) is 5.92 Å². The minimum Gasteiger partial charge on any atom is -0.493 e. The third kappa shape index (κ3) is 3.07. The number of nitrogens with one attached hydrogen (secondary N) is 1. The molecule has 1 aromatic carbocycles. The van der Waals surface area contributed by atoms with Crippen LogP contribution in [0.25, 0.3) is 0 Å². The first-order valence-corrected chi connectivity index (χ1v) is 6.90. The Kier molecular flexibility index (Phi) is 3.69. The van der Waals surface area contributed by atoms with Gasteiger partial charge in [0.25, 0.3) is 0 Å². The monoisotopic (exact) mass is 261 g/mol. The number of benzene rings is 1. The summed E-state index contributed by atoms with van der Waals surface area (Å²) in [4.78, 5) is 11.8. The lowest BCUT2D eigenvalue weighted by molar-refractivity contribution is -0.122. The zero-order valence-electron chi connectivity index (χ0n) is 11.0. The maximum Gasteiger partial charge on any atom is 0.220 e. The molecular formula is C15H19NO3.